The van der Waals surface area contributed by atoms with Crippen LogP contribution < -0.4 is 4.90 Å². The number of aromatic nitrogens is 1. The first-order valence-corrected chi connectivity index (χ1v) is 4.46. The van der Waals surface area contributed by atoms with E-state index in [1.165, 1.54) is 0 Å². The second-order valence-corrected chi connectivity index (χ2v) is 3.21. The van der Waals surface area contributed by atoms with E-state index in [0.717, 1.165) is 11.4 Å². The minimum atomic E-state index is -0.787. The van der Waals surface area contributed by atoms with Gasteiger partial charge in [-0.2, -0.15) is 0 Å². The SMILES string of the molecule is Cc1cccnc1N(C)CCC(=O)O. The van der Waals surface area contributed by atoms with Gasteiger partial charge in [0, 0.05) is 19.8 Å². The van der Waals surface area contributed by atoms with E-state index in [0.29, 0.717) is 6.54 Å². The Balaban J connectivity index is 2.65. The zero-order valence-corrected chi connectivity index (χ0v) is 8.40. The van der Waals surface area contributed by atoms with E-state index in [-0.39, 0.29) is 6.42 Å². The predicted molar refractivity (Wildman–Crippen MR) is 54.5 cm³/mol. The van der Waals surface area contributed by atoms with Crippen molar-refractivity contribution in [1.29, 1.82) is 0 Å². The van der Waals surface area contributed by atoms with E-state index in [9.17, 15) is 4.79 Å². The highest BCUT2D eigenvalue weighted by atomic mass is 16.4. The fourth-order valence-corrected chi connectivity index (χ4v) is 1.25. The first-order chi connectivity index (χ1) is 6.61. The van der Waals surface area contributed by atoms with E-state index in [1.54, 1.807) is 6.20 Å². The number of nitrogens with zero attached hydrogens (tertiary/aromatic N) is 2. The lowest BCUT2D eigenvalue weighted by Crippen LogP contribution is -2.22. The third kappa shape index (κ3) is 2.73. The minimum absolute atomic E-state index is 0.131. The maximum absolute atomic E-state index is 10.4. The summed E-state index contributed by atoms with van der Waals surface area (Å²) in [4.78, 5) is 16.4. The highest BCUT2D eigenvalue weighted by molar-refractivity contribution is 5.67. The van der Waals surface area contributed by atoms with Gasteiger partial charge in [0.15, 0.2) is 0 Å². The van der Waals surface area contributed by atoms with Crippen LogP contribution in [0.15, 0.2) is 18.3 Å². The van der Waals surface area contributed by atoms with Crippen molar-refractivity contribution in [1.82, 2.24) is 4.98 Å². The summed E-state index contributed by atoms with van der Waals surface area (Å²) in [6.07, 6.45) is 1.84. The van der Waals surface area contributed by atoms with Gasteiger partial charge >= 0.3 is 5.97 Å². The zero-order valence-electron chi connectivity index (χ0n) is 8.40. The minimum Gasteiger partial charge on any atom is -0.481 e. The van der Waals surface area contributed by atoms with E-state index >= 15 is 0 Å². The third-order valence-corrected chi connectivity index (χ3v) is 2.00. The normalized spacial score (nSPS) is 9.86. The Kier molecular flexibility index (Phi) is 3.45. The predicted octanol–water partition coefficient (Wildman–Crippen LogP) is 1.30. The van der Waals surface area contributed by atoms with E-state index in [4.69, 9.17) is 5.11 Å². The summed E-state index contributed by atoms with van der Waals surface area (Å²) in [6, 6.07) is 3.82. The van der Waals surface area contributed by atoms with Crippen LogP contribution in [0.1, 0.15) is 12.0 Å². The van der Waals surface area contributed by atoms with Gasteiger partial charge in [-0.15, -0.1) is 0 Å². The molecule has 4 nitrogen and oxygen atoms in total. The smallest absolute Gasteiger partial charge is 0.305 e. The van der Waals surface area contributed by atoms with Crippen LogP contribution in [0.2, 0.25) is 0 Å². The molecule has 0 fully saturated rings. The number of carboxylic acids is 1. The van der Waals surface area contributed by atoms with E-state index in [2.05, 4.69) is 4.98 Å². The van der Waals surface area contributed by atoms with Gasteiger partial charge in [0.25, 0.3) is 0 Å². The monoisotopic (exact) mass is 194 g/mol. The van der Waals surface area contributed by atoms with Gasteiger partial charge in [0.1, 0.15) is 5.82 Å². The number of pyridine rings is 1. The molecule has 1 heterocycles. The molecule has 0 amide bonds. The summed E-state index contributed by atoms with van der Waals surface area (Å²) < 4.78 is 0. The molecule has 0 saturated heterocycles. The topological polar surface area (TPSA) is 53.4 Å². The lowest BCUT2D eigenvalue weighted by molar-refractivity contribution is -0.136. The zero-order chi connectivity index (χ0) is 10.6. The van der Waals surface area contributed by atoms with Crippen molar-refractivity contribution in [3.05, 3.63) is 23.9 Å². The molecule has 0 bridgehead atoms. The molecule has 0 aliphatic rings. The first kappa shape index (κ1) is 10.5. The molecule has 0 aliphatic heterocycles. The summed E-state index contributed by atoms with van der Waals surface area (Å²) in [6.45, 7) is 2.44. The van der Waals surface area contributed by atoms with Gasteiger partial charge in [-0.05, 0) is 18.6 Å². The molecule has 4 heteroatoms. The number of anilines is 1. The molecule has 0 aromatic carbocycles. The highest BCUT2D eigenvalue weighted by Crippen LogP contribution is 2.13. The summed E-state index contributed by atoms with van der Waals surface area (Å²) in [7, 11) is 1.85. The maximum Gasteiger partial charge on any atom is 0.305 e. The average molecular weight is 194 g/mol. The molecule has 14 heavy (non-hydrogen) atoms. The Morgan fingerprint density at radius 3 is 2.93 bits per heavy atom. The second kappa shape index (κ2) is 4.60. The molecule has 1 aromatic heterocycles. The largest absolute Gasteiger partial charge is 0.481 e. The van der Waals surface area contributed by atoms with Gasteiger partial charge in [0.2, 0.25) is 0 Å². The first-order valence-electron chi connectivity index (χ1n) is 4.46. The number of aryl methyl sites for hydroxylation is 1. The average Bonchev–Trinajstić information content (AvgIpc) is 2.15. The fourth-order valence-electron chi connectivity index (χ4n) is 1.25. The van der Waals surface area contributed by atoms with Gasteiger partial charge in [-0.25, -0.2) is 4.98 Å². The number of hydrogen-bond acceptors (Lipinski definition) is 3. The molecule has 1 rings (SSSR count). The quantitative estimate of drug-likeness (QED) is 0.785. The van der Waals surface area contributed by atoms with Crippen LogP contribution >= 0.6 is 0 Å². The molecule has 0 spiro atoms. The summed E-state index contributed by atoms with van der Waals surface area (Å²) >= 11 is 0. The molecular formula is C10H14N2O2. The summed E-state index contributed by atoms with van der Waals surface area (Å²) in [5, 5.41) is 8.53. The van der Waals surface area contributed by atoms with Crippen molar-refractivity contribution < 1.29 is 9.90 Å². The Hall–Kier alpha value is -1.58. The molecule has 1 N–H and O–H groups in total. The van der Waals surface area contributed by atoms with Crippen molar-refractivity contribution in [2.75, 3.05) is 18.5 Å². The third-order valence-electron chi connectivity index (χ3n) is 2.00. The standard InChI is InChI=1S/C10H14N2O2/c1-8-4-3-6-11-10(8)12(2)7-5-9(13)14/h3-4,6H,5,7H2,1-2H3,(H,13,14). The molecule has 0 saturated carbocycles. The van der Waals surface area contributed by atoms with Crippen LogP contribution in [-0.4, -0.2) is 29.7 Å². The van der Waals surface area contributed by atoms with Crippen LogP contribution in [0, 0.1) is 6.92 Å². The van der Waals surface area contributed by atoms with Crippen LogP contribution in [0.5, 0.6) is 0 Å². The van der Waals surface area contributed by atoms with Crippen molar-refractivity contribution in [2.24, 2.45) is 0 Å². The van der Waals surface area contributed by atoms with Crippen molar-refractivity contribution in [3.63, 3.8) is 0 Å². The molecule has 0 unspecified atom stereocenters. The number of aliphatic carboxylic acids is 1. The summed E-state index contributed by atoms with van der Waals surface area (Å²) in [5.41, 5.74) is 1.06. The van der Waals surface area contributed by atoms with E-state index in [1.807, 2.05) is 31.0 Å². The van der Waals surface area contributed by atoms with Crippen LogP contribution in [0.3, 0.4) is 0 Å². The summed E-state index contributed by atoms with van der Waals surface area (Å²) in [5.74, 6) is 0.0548. The molecule has 0 aliphatic carbocycles. The number of carboxylic acid groups (broad SMARTS) is 1. The maximum atomic E-state index is 10.4. The van der Waals surface area contributed by atoms with E-state index < -0.39 is 5.97 Å². The lowest BCUT2D eigenvalue weighted by Gasteiger charge is -2.18. The Labute approximate surface area is 83.2 Å². The molecule has 0 atom stereocenters. The second-order valence-electron chi connectivity index (χ2n) is 3.21. The van der Waals surface area contributed by atoms with Crippen LogP contribution in [-0.2, 0) is 4.79 Å². The Bertz CT molecular complexity index is 326. The van der Waals surface area contributed by atoms with Crippen LogP contribution in [0.25, 0.3) is 0 Å². The fraction of sp³-hybridized carbons (Fsp3) is 0.400. The number of carbonyl (C=O) groups is 1. The molecule has 1 aromatic rings. The molecular weight excluding hydrogens is 180 g/mol. The lowest BCUT2D eigenvalue weighted by atomic mass is 10.2. The van der Waals surface area contributed by atoms with Crippen molar-refractivity contribution >= 4 is 11.8 Å². The van der Waals surface area contributed by atoms with Gasteiger partial charge in [0.05, 0.1) is 6.42 Å². The van der Waals surface area contributed by atoms with Crippen LogP contribution in [0.4, 0.5) is 5.82 Å². The number of hydrogen-bond donors (Lipinski definition) is 1. The molecule has 0 radical (unpaired) electrons. The highest BCUT2D eigenvalue weighted by Gasteiger charge is 2.06. The Morgan fingerprint density at radius 2 is 2.36 bits per heavy atom. The molecule has 76 valence electrons. The van der Waals surface area contributed by atoms with Crippen molar-refractivity contribution in [3.8, 4) is 0 Å². The van der Waals surface area contributed by atoms with Crippen molar-refractivity contribution in [2.45, 2.75) is 13.3 Å². The number of rotatable bonds is 4. The Morgan fingerprint density at radius 1 is 1.64 bits per heavy atom. The van der Waals surface area contributed by atoms with Gasteiger partial charge in [-0.3, -0.25) is 4.79 Å². The van der Waals surface area contributed by atoms with Gasteiger partial charge < -0.3 is 10.0 Å². The van der Waals surface area contributed by atoms with Gasteiger partial charge in [-0.1, -0.05) is 6.07 Å².